The highest BCUT2D eigenvalue weighted by Crippen LogP contribution is 2.30. The molecule has 0 bridgehead atoms. The highest BCUT2D eigenvalue weighted by atomic mass is 16.1. The van der Waals surface area contributed by atoms with Crippen LogP contribution in [0.3, 0.4) is 0 Å². The van der Waals surface area contributed by atoms with E-state index in [9.17, 15) is 4.79 Å². The van der Waals surface area contributed by atoms with Crippen molar-refractivity contribution in [2.24, 2.45) is 12.8 Å². The molecular weight excluding hydrogens is 252 g/mol. The first kappa shape index (κ1) is 15.0. The topological polar surface area (TPSA) is 72.9 Å². The lowest BCUT2D eigenvalue weighted by Gasteiger charge is -2.24. The molecule has 1 atom stereocenters. The third kappa shape index (κ3) is 3.20. The molecule has 0 aliphatic heterocycles. The second-order valence-corrected chi connectivity index (χ2v) is 6.84. The number of primary amides is 1. The van der Waals surface area contributed by atoms with Gasteiger partial charge < -0.3 is 5.73 Å². The van der Waals surface area contributed by atoms with E-state index >= 15 is 0 Å². The summed E-state index contributed by atoms with van der Waals surface area (Å²) in [4.78, 5) is 11.9. The maximum Gasteiger partial charge on any atom is 0.239 e. The molecule has 0 aromatic carbocycles. The zero-order valence-electron chi connectivity index (χ0n) is 12.9. The minimum absolute atomic E-state index is 0.109. The van der Waals surface area contributed by atoms with Gasteiger partial charge in [-0.2, -0.15) is 5.10 Å². The standard InChI is InChI=1S/C15H26N4O/c1-15(2,3)13-11(9-19(4)18-13)12(14(16)20)17-10-7-5-6-8-10/h9-10,12,17H,5-8H2,1-4H3,(H2,16,20). The Kier molecular flexibility index (Phi) is 4.18. The van der Waals surface area contributed by atoms with Gasteiger partial charge in [0.15, 0.2) is 0 Å². The van der Waals surface area contributed by atoms with Gasteiger partial charge in [0, 0.05) is 30.3 Å². The number of hydrogen-bond acceptors (Lipinski definition) is 3. The van der Waals surface area contributed by atoms with E-state index in [2.05, 4.69) is 31.2 Å². The fraction of sp³-hybridized carbons (Fsp3) is 0.733. The summed E-state index contributed by atoms with van der Waals surface area (Å²) in [6.45, 7) is 6.31. The predicted molar refractivity (Wildman–Crippen MR) is 79.2 cm³/mol. The van der Waals surface area contributed by atoms with Crippen LogP contribution in [0.2, 0.25) is 0 Å². The van der Waals surface area contributed by atoms with Gasteiger partial charge >= 0.3 is 0 Å². The average molecular weight is 278 g/mol. The molecule has 3 N–H and O–H groups in total. The van der Waals surface area contributed by atoms with Crippen LogP contribution in [-0.4, -0.2) is 21.7 Å². The molecule has 1 saturated carbocycles. The molecule has 1 heterocycles. The molecule has 1 amide bonds. The first-order valence-corrected chi connectivity index (χ1v) is 7.38. The summed E-state index contributed by atoms with van der Waals surface area (Å²) < 4.78 is 1.77. The van der Waals surface area contributed by atoms with Crippen molar-refractivity contribution in [1.82, 2.24) is 15.1 Å². The highest BCUT2D eigenvalue weighted by molar-refractivity contribution is 5.81. The van der Waals surface area contributed by atoms with Crippen LogP contribution in [-0.2, 0) is 17.3 Å². The van der Waals surface area contributed by atoms with Crippen LogP contribution < -0.4 is 11.1 Å². The SMILES string of the molecule is Cn1cc(C(NC2CCCC2)C(N)=O)c(C(C)(C)C)n1. The third-order valence-corrected chi connectivity index (χ3v) is 3.92. The van der Waals surface area contributed by atoms with Gasteiger partial charge in [-0.15, -0.1) is 0 Å². The van der Waals surface area contributed by atoms with Crippen molar-refractivity contribution < 1.29 is 4.79 Å². The van der Waals surface area contributed by atoms with Crippen LogP contribution in [0.4, 0.5) is 0 Å². The first-order valence-electron chi connectivity index (χ1n) is 7.38. The number of amides is 1. The van der Waals surface area contributed by atoms with E-state index in [0.29, 0.717) is 6.04 Å². The normalized spacial score (nSPS) is 18.4. The Morgan fingerprint density at radius 2 is 2.05 bits per heavy atom. The predicted octanol–water partition coefficient (Wildman–Crippen LogP) is 1.78. The number of carbonyl (C=O) groups is 1. The number of carbonyl (C=O) groups excluding carboxylic acids is 1. The number of aryl methyl sites for hydroxylation is 1. The zero-order chi connectivity index (χ0) is 14.9. The smallest absolute Gasteiger partial charge is 0.239 e. The first-order chi connectivity index (χ1) is 9.29. The van der Waals surface area contributed by atoms with Crippen LogP contribution in [0.25, 0.3) is 0 Å². The molecule has 0 radical (unpaired) electrons. The second-order valence-electron chi connectivity index (χ2n) is 6.84. The third-order valence-electron chi connectivity index (χ3n) is 3.92. The Morgan fingerprint density at radius 1 is 1.45 bits per heavy atom. The van der Waals surface area contributed by atoms with E-state index in [-0.39, 0.29) is 11.3 Å². The summed E-state index contributed by atoms with van der Waals surface area (Å²) in [5, 5.41) is 7.96. The van der Waals surface area contributed by atoms with Crippen LogP contribution in [0, 0.1) is 0 Å². The number of hydrogen-bond donors (Lipinski definition) is 2. The molecule has 5 heteroatoms. The van der Waals surface area contributed by atoms with E-state index in [1.165, 1.54) is 12.8 Å². The Bertz CT molecular complexity index is 481. The summed E-state index contributed by atoms with van der Waals surface area (Å²) in [6, 6.07) is -0.0541. The molecular formula is C15H26N4O. The van der Waals surface area contributed by atoms with E-state index in [1.807, 2.05) is 13.2 Å². The van der Waals surface area contributed by atoms with Crippen molar-refractivity contribution in [3.05, 3.63) is 17.5 Å². The Hall–Kier alpha value is -1.36. The van der Waals surface area contributed by atoms with E-state index in [4.69, 9.17) is 5.73 Å². The molecule has 1 aliphatic rings. The zero-order valence-corrected chi connectivity index (χ0v) is 12.9. The quantitative estimate of drug-likeness (QED) is 0.881. The van der Waals surface area contributed by atoms with Crippen molar-refractivity contribution in [3.63, 3.8) is 0 Å². The fourth-order valence-corrected chi connectivity index (χ4v) is 2.95. The molecule has 1 unspecified atom stereocenters. The Balaban J connectivity index is 2.31. The van der Waals surface area contributed by atoms with Gasteiger partial charge in [0.05, 0.1) is 5.69 Å². The van der Waals surface area contributed by atoms with Gasteiger partial charge in [0.25, 0.3) is 0 Å². The second kappa shape index (κ2) is 5.56. The molecule has 20 heavy (non-hydrogen) atoms. The maximum atomic E-state index is 11.9. The van der Waals surface area contributed by atoms with Gasteiger partial charge in [0.1, 0.15) is 6.04 Å². The van der Waals surface area contributed by atoms with Crippen molar-refractivity contribution in [2.75, 3.05) is 0 Å². The van der Waals surface area contributed by atoms with Crippen LogP contribution in [0.1, 0.15) is 63.8 Å². The van der Waals surface area contributed by atoms with Gasteiger partial charge in [0.2, 0.25) is 5.91 Å². The largest absolute Gasteiger partial charge is 0.368 e. The Morgan fingerprint density at radius 3 is 2.55 bits per heavy atom. The average Bonchev–Trinajstić information content (AvgIpc) is 2.93. The monoisotopic (exact) mass is 278 g/mol. The minimum atomic E-state index is -0.443. The Labute approximate surface area is 120 Å². The molecule has 0 spiro atoms. The number of nitrogens with two attached hydrogens (primary N) is 1. The summed E-state index contributed by atoms with van der Waals surface area (Å²) >= 11 is 0. The molecule has 112 valence electrons. The molecule has 1 fully saturated rings. The fourth-order valence-electron chi connectivity index (χ4n) is 2.95. The molecule has 1 aromatic heterocycles. The summed E-state index contributed by atoms with van der Waals surface area (Å²) in [5.41, 5.74) is 7.38. The van der Waals surface area contributed by atoms with Gasteiger partial charge in [-0.05, 0) is 12.8 Å². The summed E-state index contributed by atoms with van der Waals surface area (Å²) in [6.07, 6.45) is 6.60. The van der Waals surface area contributed by atoms with E-state index < -0.39 is 6.04 Å². The van der Waals surface area contributed by atoms with E-state index in [0.717, 1.165) is 24.1 Å². The molecule has 0 saturated heterocycles. The number of nitrogens with one attached hydrogen (secondary N) is 1. The molecule has 5 nitrogen and oxygen atoms in total. The van der Waals surface area contributed by atoms with Crippen LogP contribution in [0.15, 0.2) is 6.20 Å². The van der Waals surface area contributed by atoms with Crippen molar-refractivity contribution in [2.45, 2.75) is 64.0 Å². The molecule has 1 aromatic rings. The molecule has 2 rings (SSSR count). The number of rotatable bonds is 4. The lowest BCUT2D eigenvalue weighted by molar-refractivity contribution is -0.120. The van der Waals surface area contributed by atoms with Gasteiger partial charge in [-0.25, -0.2) is 0 Å². The maximum absolute atomic E-state index is 11.9. The molecule has 1 aliphatic carbocycles. The highest BCUT2D eigenvalue weighted by Gasteiger charge is 2.31. The van der Waals surface area contributed by atoms with Gasteiger partial charge in [-0.3, -0.25) is 14.8 Å². The number of nitrogens with zero attached hydrogens (tertiary/aromatic N) is 2. The van der Waals surface area contributed by atoms with Crippen molar-refractivity contribution in [3.8, 4) is 0 Å². The van der Waals surface area contributed by atoms with Crippen molar-refractivity contribution >= 4 is 5.91 Å². The lowest BCUT2D eigenvalue weighted by Crippen LogP contribution is -2.39. The van der Waals surface area contributed by atoms with Gasteiger partial charge in [-0.1, -0.05) is 33.6 Å². The van der Waals surface area contributed by atoms with Crippen LogP contribution in [0.5, 0.6) is 0 Å². The summed E-state index contributed by atoms with van der Waals surface area (Å²) in [7, 11) is 1.88. The summed E-state index contributed by atoms with van der Waals surface area (Å²) in [5.74, 6) is -0.324. The lowest BCUT2D eigenvalue weighted by atomic mass is 9.87. The minimum Gasteiger partial charge on any atom is -0.368 e. The van der Waals surface area contributed by atoms with E-state index in [1.54, 1.807) is 4.68 Å². The van der Waals surface area contributed by atoms with Crippen molar-refractivity contribution in [1.29, 1.82) is 0 Å². The number of aromatic nitrogens is 2. The van der Waals surface area contributed by atoms with Crippen LogP contribution >= 0.6 is 0 Å².